The summed E-state index contributed by atoms with van der Waals surface area (Å²) in [5.41, 5.74) is 6.87. The Labute approximate surface area is 118 Å². The predicted molar refractivity (Wildman–Crippen MR) is 78.8 cm³/mol. The highest BCUT2D eigenvalue weighted by molar-refractivity contribution is 7.99. The number of nitrogens with one attached hydrogen (secondary N) is 1. The largest absolute Gasteiger partial charge is 0.353 e. The molecule has 1 fully saturated rings. The van der Waals surface area contributed by atoms with Gasteiger partial charge in [-0.25, -0.2) is 0 Å². The molecule has 1 aliphatic carbocycles. The first kappa shape index (κ1) is 14.3. The van der Waals surface area contributed by atoms with Crippen molar-refractivity contribution >= 4 is 17.7 Å². The fourth-order valence-electron chi connectivity index (χ4n) is 2.26. The average Bonchev–Trinajstić information content (AvgIpc) is 2.43. The quantitative estimate of drug-likeness (QED) is 0.861. The molecule has 5 heteroatoms. The molecule has 2 rings (SSSR count). The minimum absolute atomic E-state index is 0.126. The van der Waals surface area contributed by atoms with Crippen LogP contribution in [0, 0.1) is 0 Å². The van der Waals surface area contributed by atoms with Crippen LogP contribution < -0.4 is 11.1 Å². The van der Waals surface area contributed by atoms with Gasteiger partial charge in [0.1, 0.15) is 0 Å². The highest BCUT2D eigenvalue weighted by Gasteiger charge is 2.19. The second kappa shape index (κ2) is 7.50. The van der Waals surface area contributed by atoms with E-state index in [1.165, 1.54) is 0 Å². The van der Waals surface area contributed by atoms with Crippen LogP contribution in [0.15, 0.2) is 24.4 Å². The summed E-state index contributed by atoms with van der Waals surface area (Å²) in [6, 6.07) is 6.49. The highest BCUT2D eigenvalue weighted by Crippen LogP contribution is 2.17. The third-order valence-corrected chi connectivity index (χ3v) is 4.31. The number of hydrogen-bond acceptors (Lipinski definition) is 4. The number of pyridine rings is 1. The zero-order valence-electron chi connectivity index (χ0n) is 11.0. The summed E-state index contributed by atoms with van der Waals surface area (Å²) < 4.78 is 0. The van der Waals surface area contributed by atoms with Crippen molar-refractivity contribution < 1.29 is 4.79 Å². The van der Waals surface area contributed by atoms with E-state index in [0.29, 0.717) is 17.8 Å². The molecule has 0 aliphatic heterocycles. The third kappa shape index (κ3) is 5.20. The highest BCUT2D eigenvalue weighted by atomic mass is 32.2. The Hall–Kier alpha value is -1.07. The van der Waals surface area contributed by atoms with E-state index in [4.69, 9.17) is 5.73 Å². The van der Waals surface area contributed by atoms with E-state index >= 15 is 0 Å². The Kier molecular flexibility index (Phi) is 5.66. The van der Waals surface area contributed by atoms with Gasteiger partial charge in [-0.15, -0.1) is 11.8 Å². The molecule has 1 aliphatic rings. The van der Waals surface area contributed by atoms with Crippen LogP contribution in [-0.2, 0) is 10.5 Å². The molecule has 0 unspecified atom stereocenters. The fourth-order valence-corrected chi connectivity index (χ4v) is 3.02. The lowest BCUT2D eigenvalue weighted by molar-refractivity contribution is -0.119. The molecule has 0 saturated heterocycles. The normalized spacial score (nSPS) is 23.0. The van der Waals surface area contributed by atoms with Gasteiger partial charge in [-0.05, 0) is 37.8 Å². The summed E-state index contributed by atoms with van der Waals surface area (Å²) >= 11 is 1.60. The Morgan fingerprint density at radius 1 is 1.37 bits per heavy atom. The number of amides is 1. The van der Waals surface area contributed by atoms with E-state index < -0.39 is 0 Å². The van der Waals surface area contributed by atoms with Crippen molar-refractivity contribution in [3.8, 4) is 0 Å². The van der Waals surface area contributed by atoms with Crippen LogP contribution in [0.25, 0.3) is 0 Å². The number of nitrogens with two attached hydrogens (primary N) is 1. The monoisotopic (exact) mass is 279 g/mol. The van der Waals surface area contributed by atoms with Crippen molar-refractivity contribution in [2.24, 2.45) is 5.73 Å². The number of thioether (sulfide) groups is 1. The molecule has 0 spiro atoms. The van der Waals surface area contributed by atoms with Crippen LogP contribution in [-0.4, -0.2) is 28.7 Å². The molecule has 4 nitrogen and oxygen atoms in total. The number of nitrogens with zero attached hydrogens (tertiary/aromatic N) is 1. The first-order valence-corrected chi connectivity index (χ1v) is 7.92. The zero-order chi connectivity index (χ0) is 13.5. The van der Waals surface area contributed by atoms with E-state index in [2.05, 4.69) is 10.3 Å². The first-order chi connectivity index (χ1) is 9.24. The molecule has 3 N–H and O–H groups in total. The van der Waals surface area contributed by atoms with Gasteiger partial charge in [-0.1, -0.05) is 6.07 Å². The second-order valence-corrected chi connectivity index (χ2v) is 5.98. The van der Waals surface area contributed by atoms with Crippen molar-refractivity contribution in [2.75, 3.05) is 5.75 Å². The smallest absolute Gasteiger partial charge is 0.230 e. The lowest BCUT2D eigenvalue weighted by atomic mass is 9.92. The van der Waals surface area contributed by atoms with Crippen LogP contribution in [0.3, 0.4) is 0 Å². The molecule has 0 aromatic carbocycles. The van der Waals surface area contributed by atoms with Crippen LogP contribution in [0.4, 0.5) is 0 Å². The summed E-state index contributed by atoms with van der Waals surface area (Å²) in [6.45, 7) is 0. The van der Waals surface area contributed by atoms with Crippen molar-refractivity contribution in [3.05, 3.63) is 30.1 Å². The molecule has 19 heavy (non-hydrogen) atoms. The van der Waals surface area contributed by atoms with Gasteiger partial charge < -0.3 is 11.1 Å². The molecule has 1 aromatic rings. The van der Waals surface area contributed by atoms with Crippen molar-refractivity contribution in [2.45, 2.75) is 43.5 Å². The van der Waals surface area contributed by atoms with Gasteiger partial charge in [0.15, 0.2) is 0 Å². The third-order valence-electron chi connectivity index (χ3n) is 3.35. The maximum Gasteiger partial charge on any atom is 0.230 e. The lowest BCUT2D eigenvalue weighted by Gasteiger charge is -2.26. The summed E-state index contributed by atoms with van der Waals surface area (Å²) in [4.78, 5) is 16.0. The Balaban J connectivity index is 1.62. The number of carbonyl (C=O) groups excluding carboxylic acids is 1. The second-order valence-electron chi connectivity index (χ2n) is 4.99. The van der Waals surface area contributed by atoms with Crippen LogP contribution in [0.5, 0.6) is 0 Å². The van der Waals surface area contributed by atoms with Gasteiger partial charge in [-0.2, -0.15) is 0 Å². The molecule has 0 atom stereocenters. The Bertz CT molecular complexity index is 391. The predicted octanol–water partition coefficient (Wildman–Crippen LogP) is 1.70. The molecule has 0 radical (unpaired) electrons. The maximum atomic E-state index is 11.8. The molecule has 1 amide bonds. The first-order valence-electron chi connectivity index (χ1n) is 6.76. The number of carbonyl (C=O) groups is 1. The van der Waals surface area contributed by atoms with E-state index in [9.17, 15) is 4.79 Å². The fraction of sp³-hybridized carbons (Fsp3) is 0.571. The summed E-state index contributed by atoms with van der Waals surface area (Å²) in [7, 11) is 0. The van der Waals surface area contributed by atoms with E-state index in [1.807, 2.05) is 18.2 Å². The molecule has 1 saturated carbocycles. The van der Waals surface area contributed by atoms with Gasteiger partial charge >= 0.3 is 0 Å². The molecule has 1 aromatic heterocycles. The molecule has 0 bridgehead atoms. The average molecular weight is 279 g/mol. The minimum Gasteiger partial charge on any atom is -0.353 e. The number of hydrogen-bond donors (Lipinski definition) is 2. The topological polar surface area (TPSA) is 68.0 Å². The van der Waals surface area contributed by atoms with Gasteiger partial charge in [0.05, 0.1) is 11.4 Å². The Morgan fingerprint density at radius 2 is 2.16 bits per heavy atom. The zero-order valence-corrected chi connectivity index (χ0v) is 11.9. The number of aromatic nitrogens is 1. The minimum atomic E-state index is 0.126. The molecular formula is C14H21N3OS. The van der Waals surface area contributed by atoms with Crippen molar-refractivity contribution in [1.82, 2.24) is 10.3 Å². The van der Waals surface area contributed by atoms with Crippen molar-refractivity contribution in [3.63, 3.8) is 0 Å². The van der Waals surface area contributed by atoms with Crippen molar-refractivity contribution in [1.29, 1.82) is 0 Å². The molecule has 104 valence electrons. The number of rotatable bonds is 5. The summed E-state index contributed by atoms with van der Waals surface area (Å²) in [6.07, 6.45) is 5.84. The maximum absolute atomic E-state index is 11.8. The summed E-state index contributed by atoms with van der Waals surface area (Å²) in [5, 5.41) is 3.09. The van der Waals surface area contributed by atoms with Crippen LogP contribution >= 0.6 is 11.8 Å². The Morgan fingerprint density at radius 3 is 2.84 bits per heavy atom. The van der Waals surface area contributed by atoms with E-state index in [1.54, 1.807) is 18.0 Å². The van der Waals surface area contributed by atoms with E-state index in [-0.39, 0.29) is 5.91 Å². The molecular weight excluding hydrogens is 258 g/mol. The molecule has 1 heterocycles. The van der Waals surface area contributed by atoms with E-state index in [0.717, 1.165) is 37.1 Å². The standard InChI is InChI=1S/C14H21N3OS/c15-11-4-6-12(7-5-11)17-14(18)10-19-9-13-3-1-2-8-16-13/h1-3,8,11-12H,4-7,9-10,15H2,(H,17,18). The van der Waals surface area contributed by atoms with Crippen LogP contribution in [0.2, 0.25) is 0 Å². The van der Waals surface area contributed by atoms with Gasteiger partial charge in [0.25, 0.3) is 0 Å². The SMILES string of the molecule is NC1CCC(NC(=O)CSCc2ccccn2)CC1. The van der Waals surface area contributed by atoms with Crippen LogP contribution in [0.1, 0.15) is 31.4 Å². The summed E-state index contributed by atoms with van der Waals surface area (Å²) in [5.74, 6) is 1.41. The lowest BCUT2D eigenvalue weighted by Crippen LogP contribution is -2.41. The van der Waals surface area contributed by atoms with Gasteiger partial charge in [0.2, 0.25) is 5.91 Å². The van der Waals surface area contributed by atoms with Gasteiger partial charge in [-0.3, -0.25) is 9.78 Å². The van der Waals surface area contributed by atoms with Gasteiger partial charge in [0, 0.05) is 24.0 Å².